The van der Waals surface area contributed by atoms with E-state index in [1.807, 2.05) is 0 Å². The highest BCUT2D eigenvalue weighted by Gasteiger charge is 2.49. The van der Waals surface area contributed by atoms with Crippen molar-refractivity contribution in [1.29, 1.82) is 10.5 Å². The molecule has 0 unspecified atom stereocenters. The van der Waals surface area contributed by atoms with Gasteiger partial charge in [0.2, 0.25) is 0 Å². The lowest BCUT2D eigenvalue weighted by Crippen LogP contribution is -2.28. The highest BCUT2D eigenvalue weighted by atomic mass is 32.2. The molecule has 0 aliphatic heterocycles. The number of nitriles is 2. The maximum Gasteiger partial charge on any atom is 0.534 e. The fourth-order valence-corrected chi connectivity index (χ4v) is 4.67. The zero-order valence-corrected chi connectivity index (χ0v) is 21.7. The van der Waals surface area contributed by atoms with Gasteiger partial charge in [0.25, 0.3) is 0 Å². The first-order valence-corrected chi connectivity index (χ1v) is 13.3. The van der Waals surface area contributed by atoms with E-state index in [9.17, 15) is 32.1 Å². The van der Waals surface area contributed by atoms with Crippen LogP contribution in [0.2, 0.25) is 0 Å². The first kappa shape index (κ1) is 27.2. The Morgan fingerprint density at radius 1 is 0.732 bits per heavy atom. The van der Waals surface area contributed by atoms with Gasteiger partial charge >= 0.3 is 15.6 Å². The fourth-order valence-electron chi connectivity index (χ4n) is 4.19. The third-order valence-corrected chi connectivity index (χ3v) is 7.04. The van der Waals surface area contributed by atoms with Crippen LogP contribution in [0.1, 0.15) is 11.1 Å². The Labute approximate surface area is 233 Å². The van der Waals surface area contributed by atoms with Crippen molar-refractivity contribution in [3.05, 3.63) is 114 Å². The minimum atomic E-state index is -5.98. The maximum absolute atomic E-state index is 13.3. The van der Waals surface area contributed by atoms with Gasteiger partial charge < -0.3 is 4.18 Å². The highest BCUT2D eigenvalue weighted by Crippen LogP contribution is 2.42. The molecule has 0 amide bonds. The van der Waals surface area contributed by atoms with Crippen LogP contribution in [-0.2, 0) is 10.1 Å². The Hall–Kier alpha value is -5.39. The van der Waals surface area contributed by atoms with Crippen molar-refractivity contribution in [2.75, 3.05) is 0 Å². The molecule has 0 N–H and O–H groups in total. The number of aromatic nitrogens is 2. The molecule has 11 heteroatoms. The molecule has 0 saturated carbocycles. The summed E-state index contributed by atoms with van der Waals surface area (Å²) in [6, 6.07) is 31.6. The zero-order chi connectivity index (χ0) is 29.2. The molecule has 5 aromatic rings. The molecule has 7 nitrogen and oxygen atoms in total. The number of alkyl halides is 3. The van der Waals surface area contributed by atoms with Crippen LogP contribution in [-0.4, -0.2) is 23.5 Å². The molecule has 41 heavy (non-hydrogen) atoms. The lowest BCUT2D eigenvalue weighted by Gasteiger charge is -2.16. The molecule has 0 spiro atoms. The van der Waals surface area contributed by atoms with Gasteiger partial charge in [-0.1, -0.05) is 54.6 Å². The van der Waals surface area contributed by atoms with Gasteiger partial charge in [-0.3, -0.25) is 4.57 Å². The molecule has 0 aliphatic rings. The Bertz CT molecular complexity index is 1920. The van der Waals surface area contributed by atoms with Crippen molar-refractivity contribution in [3.63, 3.8) is 0 Å². The molecule has 1 heterocycles. The lowest BCUT2D eigenvalue weighted by atomic mass is 10.0. The van der Waals surface area contributed by atoms with Crippen LogP contribution in [0.15, 0.2) is 103 Å². The van der Waals surface area contributed by atoms with E-state index in [4.69, 9.17) is 4.98 Å². The molecule has 0 aliphatic carbocycles. The number of hydrogen-bond acceptors (Lipinski definition) is 6. The number of hydrogen-bond donors (Lipinski definition) is 0. The number of imidazole rings is 1. The van der Waals surface area contributed by atoms with Gasteiger partial charge in [-0.05, 0) is 48.5 Å². The van der Waals surface area contributed by atoms with E-state index < -0.39 is 21.4 Å². The van der Waals surface area contributed by atoms with E-state index in [0.29, 0.717) is 39.3 Å². The standard InChI is InChI=1S/C30H17F3N4O3S/c31-30(32,33)41(38,39)40-26-9-5-4-8-25(26)29-36-27(22-14-10-20(18-34)11-15-22)28(23-16-12-21(19-35)13-17-23)37(29)24-6-2-1-3-7-24/h1-17H. The summed E-state index contributed by atoms with van der Waals surface area (Å²) in [5.41, 5.74) is -2.16. The normalized spacial score (nSPS) is 11.4. The van der Waals surface area contributed by atoms with E-state index in [-0.39, 0.29) is 11.4 Å². The average molecular weight is 571 g/mol. The van der Waals surface area contributed by atoms with Crippen molar-refractivity contribution in [1.82, 2.24) is 9.55 Å². The largest absolute Gasteiger partial charge is 0.534 e. The number of halogens is 3. The highest BCUT2D eigenvalue weighted by molar-refractivity contribution is 7.88. The Balaban J connectivity index is 1.85. The predicted octanol–water partition coefficient (Wildman–Crippen LogP) is 6.85. The molecule has 202 valence electrons. The number of para-hydroxylation sites is 2. The zero-order valence-electron chi connectivity index (χ0n) is 20.9. The van der Waals surface area contributed by atoms with Crippen molar-refractivity contribution in [3.8, 4) is 57.5 Å². The number of benzene rings is 4. The van der Waals surface area contributed by atoms with Gasteiger partial charge in [0.15, 0.2) is 5.75 Å². The van der Waals surface area contributed by atoms with Crippen LogP contribution < -0.4 is 4.18 Å². The first-order chi connectivity index (χ1) is 19.6. The molecular formula is C30H17F3N4O3S. The lowest BCUT2D eigenvalue weighted by molar-refractivity contribution is -0.0499. The van der Waals surface area contributed by atoms with Gasteiger partial charge in [-0.15, -0.1) is 0 Å². The molecule has 4 aromatic carbocycles. The second-order valence-corrected chi connectivity index (χ2v) is 10.2. The summed E-state index contributed by atoms with van der Waals surface area (Å²) in [4.78, 5) is 4.81. The van der Waals surface area contributed by atoms with Crippen LogP contribution >= 0.6 is 0 Å². The quantitative estimate of drug-likeness (QED) is 0.163. The van der Waals surface area contributed by atoms with Crippen molar-refractivity contribution in [2.24, 2.45) is 0 Å². The summed E-state index contributed by atoms with van der Waals surface area (Å²) < 4.78 is 70.0. The molecule has 0 bridgehead atoms. The molecule has 5 rings (SSSR count). The van der Waals surface area contributed by atoms with Crippen molar-refractivity contribution in [2.45, 2.75) is 5.51 Å². The van der Waals surface area contributed by atoms with Gasteiger partial charge in [0.05, 0.1) is 40.2 Å². The van der Waals surface area contributed by atoms with Crippen LogP contribution in [0.5, 0.6) is 5.75 Å². The number of rotatable bonds is 6. The SMILES string of the molecule is N#Cc1ccc(-c2nc(-c3ccccc3OS(=O)(=O)C(F)(F)F)n(-c3ccccc3)c2-c2ccc(C#N)cc2)cc1. The molecule has 0 fully saturated rings. The Morgan fingerprint density at radius 3 is 1.83 bits per heavy atom. The predicted molar refractivity (Wildman–Crippen MR) is 145 cm³/mol. The van der Waals surface area contributed by atoms with E-state index in [1.54, 1.807) is 83.4 Å². The first-order valence-electron chi connectivity index (χ1n) is 11.9. The summed E-state index contributed by atoms with van der Waals surface area (Å²) in [6.07, 6.45) is 0. The second-order valence-electron chi connectivity index (χ2n) is 8.66. The monoisotopic (exact) mass is 570 g/mol. The molecular weight excluding hydrogens is 553 g/mol. The second kappa shape index (κ2) is 10.6. The summed E-state index contributed by atoms with van der Waals surface area (Å²) >= 11 is 0. The summed E-state index contributed by atoms with van der Waals surface area (Å²) in [5, 5.41) is 18.6. The minimum absolute atomic E-state index is 0.0148. The summed E-state index contributed by atoms with van der Waals surface area (Å²) in [5.74, 6) is -0.465. The molecule has 0 atom stereocenters. The fraction of sp³-hybridized carbons (Fsp3) is 0.0333. The maximum atomic E-state index is 13.3. The Morgan fingerprint density at radius 2 is 1.27 bits per heavy atom. The number of nitrogens with zero attached hydrogens (tertiary/aromatic N) is 4. The topological polar surface area (TPSA) is 109 Å². The van der Waals surface area contributed by atoms with Crippen molar-refractivity contribution < 1.29 is 25.8 Å². The van der Waals surface area contributed by atoms with Crippen LogP contribution in [0.25, 0.3) is 39.6 Å². The van der Waals surface area contributed by atoms with Crippen LogP contribution in [0, 0.1) is 22.7 Å². The average Bonchev–Trinajstić information content (AvgIpc) is 3.37. The third kappa shape index (κ3) is 5.26. The van der Waals surface area contributed by atoms with Crippen LogP contribution in [0.3, 0.4) is 0 Å². The van der Waals surface area contributed by atoms with Crippen molar-refractivity contribution >= 4 is 10.1 Å². The van der Waals surface area contributed by atoms with Gasteiger partial charge in [-0.2, -0.15) is 32.1 Å². The van der Waals surface area contributed by atoms with Gasteiger partial charge in [0.1, 0.15) is 5.82 Å². The molecule has 0 radical (unpaired) electrons. The van der Waals surface area contributed by atoms with Gasteiger partial charge in [-0.25, -0.2) is 4.98 Å². The smallest absolute Gasteiger partial charge is 0.375 e. The van der Waals surface area contributed by atoms with E-state index >= 15 is 0 Å². The molecule has 1 aromatic heterocycles. The van der Waals surface area contributed by atoms with E-state index in [1.165, 1.54) is 18.2 Å². The molecule has 0 saturated heterocycles. The van der Waals surface area contributed by atoms with Crippen LogP contribution in [0.4, 0.5) is 13.2 Å². The Kier molecular flexibility index (Phi) is 7.06. The van der Waals surface area contributed by atoms with Gasteiger partial charge in [0, 0.05) is 16.8 Å². The van der Waals surface area contributed by atoms with E-state index in [2.05, 4.69) is 16.3 Å². The van der Waals surface area contributed by atoms with E-state index in [0.717, 1.165) is 6.07 Å². The summed E-state index contributed by atoms with van der Waals surface area (Å²) in [7, 11) is -5.98. The minimum Gasteiger partial charge on any atom is -0.375 e. The third-order valence-electron chi connectivity index (χ3n) is 6.08. The summed E-state index contributed by atoms with van der Waals surface area (Å²) in [6.45, 7) is 0.